The average Bonchev–Trinajstić information content (AvgIpc) is 2.40. The third-order valence-electron chi connectivity index (χ3n) is 3.51. The monoisotopic (exact) mass is 319 g/mol. The number of carboxylic acids is 1. The van der Waals surface area contributed by atoms with E-state index in [-0.39, 0.29) is 11.4 Å². The van der Waals surface area contributed by atoms with Gasteiger partial charge in [0.25, 0.3) is 0 Å². The summed E-state index contributed by atoms with van der Waals surface area (Å²) in [5.74, 6) is -1.00. The van der Waals surface area contributed by atoms with Gasteiger partial charge in [-0.25, -0.2) is 13.1 Å². The minimum atomic E-state index is -3.77. The third-order valence-corrected chi connectivity index (χ3v) is 5.15. The summed E-state index contributed by atoms with van der Waals surface area (Å²) in [4.78, 5) is 11.4. The van der Waals surface area contributed by atoms with Crippen molar-refractivity contribution >= 4 is 27.6 Å². The Morgan fingerprint density at radius 1 is 1.35 bits per heavy atom. The zero-order chi connectivity index (χ0) is 15.4. The Morgan fingerprint density at radius 2 is 1.95 bits per heavy atom. The van der Waals surface area contributed by atoms with E-state index in [9.17, 15) is 18.3 Å². The number of sulfonamides is 1. The number of rotatable bonds is 7. The summed E-state index contributed by atoms with van der Waals surface area (Å²) < 4.78 is 26.6. The number of benzene rings is 1. The van der Waals surface area contributed by atoms with E-state index in [4.69, 9.17) is 11.6 Å². The fraction of sp³-hybridized carbons (Fsp3) is 0.462. The number of carbonyl (C=O) groups is 1. The molecular formula is C13H18ClNO4S. The molecule has 0 aliphatic rings. The number of halogens is 1. The summed E-state index contributed by atoms with van der Waals surface area (Å²) in [5.41, 5.74) is -1.09. The van der Waals surface area contributed by atoms with Crippen LogP contribution in [0.15, 0.2) is 29.2 Å². The predicted molar refractivity (Wildman–Crippen MR) is 77.3 cm³/mol. The van der Waals surface area contributed by atoms with Gasteiger partial charge in [0, 0.05) is 11.6 Å². The summed E-state index contributed by atoms with van der Waals surface area (Å²) in [5, 5.41) is 9.59. The van der Waals surface area contributed by atoms with Crippen molar-refractivity contribution in [2.45, 2.75) is 31.6 Å². The van der Waals surface area contributed by atoms with E-state index < -0.39 is 21.4 Å². The van der Waals surface area contributed by atoms with Crippen LogP contribution in [0.25, 0.3) is 0 Å². The smallest absolute Gasteiger partial charge is 0.310 e. The molecule has 0 saturated carbocycles. The lowest BCUT2D eigenvalue weighted by Crippen LogP contribution is -2.42. The molecule has 0 bridgehead atoms. The Hall–Kier alpha value is -1.11. The highest BCUT2D eigenvalue weighted by molar-refractivity contribution is 7.89. The molecule has 1 rings (SSSR count). The minimum Gasteiger partial charge on any atom is -0.481 e. The van der Waals surface area contributed by atoms with Crippen molar-refractivity contribution in [1.29, 1.82) is 0 Å². The van der Waals surface area contributed by atoms with Gasteiger partial charge in [-0.3, -0.25) is 4.79 Å². The van der Waals surface area contributed by atoms with Crippen LogP contribution in [0.5, 0.6) is 0 Å². The standard InChI is InChI=1S/C13H18ClNO4S/c1-3-13(4-2,12(16)17)9-15-20(18,19)11-7-5-6-10(14)8-11/h5-8,15H,3-4,9H2,1-2H3,(H,16,17). The molecular weight excluding hydrogens is 302 g/mol. The van der Waals surface area contributed by atoms with Crippen LogP contribution in [0, 0.1) is 5.41 Å². The summed E-state index contributed by atoms with van der Waals surface area (Å²) in [6.45, 7) is 3.31. The van der Waals surface area contributed by atoms with Gasteiger partial charge in [0.2, 0.25) is 10.0 Å². The number of hydrogen-bond donors (Lipinski definition) is 2. The number of hydrogen-bond acceptors (Lipinski definition) is 3. The molecule has 5 nitrogen and oxygen atoms in total. The SMILES string of the molecule is CCC(CC)(CNS(=O)(=O)c1cccc(Cl)c1)C(=O)O. The molecule has 0 heterocycles. The largest absolute Gasteiger partial charge is 0.481 e. The van der Waals surface area contributed by atoms with Crippen molar-refractivity contribution in [1.82, 2.24) is 4.72 Å². The molecule has 0 atom stereocenters. The van der Waals surface area contributed by atoms with Gasteiger partial charge in [-0.05, 0) is 31.0 Å². The van der Waals surface area contributed by atoms with E-state index in [0.717, 1.165) is 0 Å². The topological polar surface area (TPSA) is 83.5 Å². The predicted octanol–water partition coefficient (Wildman–Crippen LogP) is 2.51. The van der Waals surface area contributed by atoms with Crippen molar-refractivity contribution in [2.24, 2.45) is 5.41 Å². The van der Waals surface area contributed by atoms with Gasteiger partial charge in [-0.1, -0.05) is 31.5 Å². The number of carboxylic acid groups (broad SMARTS) is 1. The lowest BCUT2D eigenvalue weighted by atomic mass is 9.83. The first-order valence-electron chi connectivity index (χ1n) is 6.26. The first-order valence-corrected chi connectivity index (χ1v) is 8.12. The van der Waals surface area contributed by atoms with Crippen LogP contribution in [-0.4, -0.2) is 26.0 Å². The fourth-order valence-electron chi connectivity index (χ4n) is 1.83. The fourth-order valence-corrected chi connectivity index (χ4v) is 3.26. The van der Waals surface area contributed by atoms with E-state index in [2.05, 4.69) is 4.72 Å². The van der Waals surface area contributed by atoms with Crippen LogP contribution in [0.3, 0.4) is 0 Å². The Labute approximate surface area is 124 Å². The average molecular weight is 320 g/mol. The van der Waals surface area contributed by atoms with Crippen LogP contribution >= 0.6 is 11.6 Å². The number of nitrogens with one attached hydrogen (secondary N) is 1. The quantitative estimate of drug-likeness (QED) is 0.809. The second-order valence-corrected chi connectivity index (χ2v) is 6.78. The molecule has 0 amide bonds. The van der Waals surface area contributed by atoms with Crippen LogP contribution < -0.4 is 4.72 Å². The molecule has 0 aliphatic heterocycles. The Balaban J connectivity index is 2.95. The molecule has 7 heteroatoms. The van der Waals surface area contributed by atoms with Crippen LogP contribution in [0.2, 0.25) is 5.02 Å². The van der Waals surface area contributed by atoms with Crippen molar-refractivity contribution < 1.29 is 18.3 Å². The summed E-state index contributed by atoms with van der Waals surface area (Å²) in [6.07, 6.45) is 0.688. The van der Waals surface area contributed by atoms with Crippen molar-refractivity contribution in [3.63, 3.8) is 0 Å². The highest BCUT2D eigenvalue weighted by Gasteiger charge is 2.36. The third kappa shape index (κ3) is 3.71. The molecule has 1 aromatic carbocycles. The van der Waals surface area contributed by atoms with E-state index in [1.807, 2.05) is 0 Å². The highest BCUT2D eigenvalue weighted by Crippen LogP contribution is 2.26. The molecule has 20 heavy (non-hydrogen) atoms. The van der Waals surface area contributed by atoms with E-state index in [0.29, 0.717) is 17.9 Å². The molecule has 0 aliphatic carbocycles. The highest BCUT2D eigenvalue weighted by atomic mass is 35.5. The zero-order valence-electron chi connectivity index (χ0n) is 11.4. The van der Waals surface area contributed by atoms with Gasteiger partial charge in [0.05, 0.1) is 10.3 Å². The molecule has 0 spiro atoms. The van der Waals surface area contributed by atoms with Crippen LogP contribution in [-0.2, 0) is 14.8 Å². The maximum atomic E-state index is 12.1. The van der Waals surface area contributed by atoms with Crippen molar-refractivity contribution in [2.75, 3.05) is 6.54 Å². The van der Waals surface area contributed by atoms with Gasteiger partial charge in [-0.15, -0.1) is 0 Å². The lowest BCUT2D eigenvalue weighted by molar-refractivity contribution is -0.149. The molecule has 0 aromatic heterocycles. The second-order valence-electron chi connectivity index (χ2n) is 4.57. The van der Waals surface area contributed by atoms with Gasteiger partial charge in [0.1, 0.15) is 0 Å². The summed E-state index contributed by atoms with van der Waals surface area (Å²) >= 11 is 5.76. The second kappa shape index (κ2) is 6.56. The molecule has 1 aromatic rings. The summed E-state index contributed by atoms with van der Waals surface area (Å²) in [6, 6.07) is 5.83. The van der Waals surface area contributed by atoms with Crippen molar-refractivity contribution in [3.8, 4) is 0 Å². The summed E-state index contributed by atoms with van der Waals surface area (Å²) in [7, 11) is -3.77. The van der Waals surface area contributed by atoms with Crippen molar-refractivity contribution in [3.05, 3.63) is 29.3 Å². The molecule has 2 N–H and O–H groups in total. The first kappa shape index (κ1) is 16.9. The number of aliphatic carboxylic acids is 1. The Kier molecular flexibility index (Phi) is 5.56. The normalized spacial score (nSPS) is 12.3. The Morgan fingerprint density at radius 3 is 2.40 bits per heavy atom. The minimum absolute atomic E-state index is 0.0245. The maximum absolute atomic E-state index is 12.1. The molecule has 0 unspecified atom stereocenters. The lowest BCUT2D eigenvalue weighted by Gasteiger charge is -2.26. The van der Waals surface area contributed by atoms with Gasteiger partial charge in [0.15, 0.2) is 0 Å². The van der Waals surface area contributed by atoms with Gasteiger partial charge in [-0.2, -0.15) is 0 Å². The molecule has 0 fully saturated rings. The van der Waals surface area contributed by atoms with Gasteiger partial charge < -0.3 is 5.11 Å². The Bertz CT molecular complexity index is 582. The van der Waals surface area contributed by atoms with E-state index in [1.165, 1.54) is 18.2 Å². The molecule has 0 radical (unpaired) electrons. The first-order chi connectivity index (χ1) is 9.27. The van der Waals surface area contributed by atoms with E-state index in [1.54, 1.807) is 19.9 Å². The van der Waals surface area contributed by atoms with Crippen LogP contribution in [0.4, 0.5) is 0 Å². The molecule has 112 valence electrons. The maximum Gasteiger partial charge on any atom is 0.310 e. The van der Waals surface area contributed by atoms with Gasteiger partial charge >= 0.3 is 5.97 Å². The van der Waals surface area contributed by atoms with E-state index >= 15 is 0 Å². The molecule has 0 saturated heterocycles. The zero-order valence-corrected chi connectivity index (χ0v) is 13.0. The van der Waals surface area contributed by atoms with Crippen LogP contribution in [0.1, 0.15) is 26.7 Å².